The van der Waals surface area contributed by atoms with Crippen LogP contribution in [-0.4, -0.2) is 30.2 Å². The second kappa shape index (κ2) is 8.38. The lowest BCUT2D eigenvalue weighted by molar-refractivity contribution is -0.115. The van der Waals surface area contributed by atoms with Crippen LogP contribution in [-0.2, 0) is 4.79 Å². The highest BCUT2D eigenvalue weighted by Crippen LogP contribution is 2.31. The minimum absolute atomic E-state index is 0.0240. The third kappa shape index (κ3) is 4.65. The summed E-state index contributed by atoms with van der Waals surface area (Å²) in [7, 11) is 3.98. The lowest BCUT2D eigenvalue weighted by Gasteiger charge is -2.14. The number of carbonyl (C=O) groups is 1. The van der Waals surface area contributed by atoms with E-state index in [1.807, 2.05) is 85.9 Å². The Balaban J connectivity index is 1.60. The van der Waals surface area contributed by atoms with Crippen LogP contribution in [0.1, 0.15) is 6.92 Å². The maximum absolute atomic E-state index is 12.4. The number of thiazole rings is 1. The zero-order chi connectivity index (χ0) is 18.5. The molecule has 1 N–H and O–H groups in total. The van der Waals surface area contributed by atoms with Crippen molar-refractivity contribution in [2.75, 3.05) is 24.3 Å². The van der Waals surface area contributed by atoms with E-state index in [1.54, 1.807) is 11.3 Å². The molecular formula is C20H21N3OS2. The summed E-state index contributed by atoms with van der Waals surface area (Å²) in [5, 5.41) is 4.77. The molecule has 0 aliphatic rings. The quantitative estimate of drug-likeness (QED) is 0.609. The van der Waals surface area contributed by atoms with E-state index < -0.39 is 0 Å². The molecule has 0 saturated heterocycles. The zero-order valence-corrected chi connectivity index (χ0v) is 16.6. The molecule has 0 spiro atoms. The fourth-order valence-corrected chi connectivity index (χ4v) is 4.32. The van der Waals surface area contributed by atoms with E-state index in [-0.39, 0.29) is 11.2 Å². The van der Waals surface area contributed by atoms with Gasteiger partial charge in [-0.25, -0.2) is 4.98 Å². The molecule has 2 aromatic carbocycles. The summed E-state index contributed by atoms with van der Waals surface area (Å²) >= 11 is 3.05. The number of benzene rings is 2. The second-order valence-electron chi connectivity index (χ2n) is 6.06. The molecule has 1 heterocycles. The minimum atomic E-state index is -0.224. The van der Waals surface area contributed by atoms with Gasteiger partial charge in [-0.3, -0.25) is 4.79 Å². The Labute approximate surface area is 162 Å². The molecule has 0 fully saturated rings. The summed E-state index contributed by atoms with van der Waals surface area (Å²) in [4.78, 5) is 19.1. The van der Waals surface area contributed by atoms with Gasteiger partial charge in [0.15, 0.2) is 4.34 Å². The van der Waals surface area contributed by atoms with Gasteiger partial charge in [-0.2, -0.15) is 0 Å². The number of nitrogens with zero attached hydrogens (tertiary/aromatic N) is 2. The van der Waals surface area contributed by atoms with Crippen LogP contribution in [0.4, 0.5) is 11.4 Å². The molecule has 6 heteroatoms. The summed E-state index contributed by atoms with van der Waals surface area (Å²) < 4.78 is 0.898. The van der Waals surface area contributed by atoms with Gasteiger partial charge in [-0.05, 0) is 31.2 Å². The number of hydrogen-bond acceptors (Lipinski definition) is 5. The summed E-state index contributed by atoms with van der Waals surface area (Å²) in [6.45, 7) is 1.90. The number of amides is 1. The van der Waals surface area contributed by atoms with Crippen LogP contribution in [0.25, 0.3) is 11.3 Å². The van der Waals surface area contributed by atoms with Crippen molar-refractivity contribution in [3.8, 4) is 11.3 Å². The smallest absolute Gasteiger partial charge is 0.237 e. The topological polar surface area (TPSA) is 45.2 Å². The minimum Gasteiger partial charge on any atom is -0.378 e. The summed E-state index contributed by atoms with van der Waals surface area (Å²) in [5.41, 5.74) is 3.94. The van der Waals surface area contributed by atoms with E-state index in [9.17, 15) is 4.79 Å². The van der Waals surface area contributed by atoms with E-state index in [0.29, 0.717) is 0 Å². The Kier molecular flexibility index (Phi) is 5.96. The molecule has 1 aromatic heterocycles. The highest BCUT2D eigenvalue weighted by atomic mass is 32.2. The molecule has 3 rings (SSSR count). The summed E-state index contributed by atoms with van der Waals surface area (Å²) in [6.07, 6.45) is 0. The molecule has 3 aromatic rings. The predicted octanol–water partition coefficient (Wildman–Crippen LogP) is 5.00. The molecule has 1 unspecified atom stereocenters. The number of carbonyl (C=O) groups excluding carboxylic acids is 1. The van der Waals surface area contributed by atoms with Crippen LogP contribution in [0.2, 0.25) is 0 Å². The third-order valence-electron chi connectivity index (χ3n) is 3.85. The molecule has 0 bridgehead atoms. The van der Waals surface area contributed by atoms with Gasteiger partial charge < -0.3 is 10.2 Å². The fourth-order valence-electron chi connectivity index (χ4n) is 2.34. The van der Waals surface area contributed by atoms with Gasteiger partial charge in [-0.15, -0.1) is 11.3 Å². The Hall–Kier alpha value is -2.31. The normalized spacial score (nSPS) is 11.8. The van der Waals surface area contributed by atoms with Crippen molar-refractivity contribution in [1.82, 2.24) is 4.98 Å². The monoisotopic (exact) mass is 383 g/mol. The molecule has 4 nitrogen and oxygen atoms in total. The summed E-state index contributed by atoms with van der Waals surface area (Å²) in [5.74, 6) is -0.0240. The standard InChI is InChI=1S/C20H21N3OS2/c1-14(19(24)21-16-9-11-17(12-10-16)23(2)3)26-20-22-18(13-25-20)15-7-5-4-6-8-15/h4-14H,1-3H3,(H,21,24). The molecule has 0 saturated carbocycles. The van der Waals surface area contributed by atoms with Gasteiger partial charge in [-0.1, -0.05) is 42.1 Å². The average Bonchev–Trinajstić information content (AvgIpc) is 3.11. The van der Waals surface area contributed by atoms with Gasteiger partial charge in [0.25, 0.3) is 0 Å². The van der Waals surface area contributed by atoms with Gasteiger partial charge >= 0.3 is 0 Å². The van der Waals surface area contributed by atoms with Gasteiger partial charge in [0.2, 0.25) is 5.91 Å². The van der Waals surface area contributed by atoms with Crippen molar-refractivity contribution in [2.45, 2.75) is 16.5 Å². The van der Waals surface area contributed by atoms with Crippen molar-refractivity contribution < 1.29 is 4.79 Å². The SMILES string of the molecule is CC(Sc1nc(-c2ccccc2)cs1)C(=O)Nc1ccc(N(C)C)cc1. The van der Waals surface area contributed by atoms with Gasteiger partial charge in [0, 0.05) is 36.4 Å². The Morgan fingerprint density at radius 3 is 2.46 bits per heavy atom. The second-order valence-corrected chi connectivity index (χ2v) is 8.50. The van der Waals surface area contributed by atoms with Crippen molar-refractivity contribution in [1.29, 1.82) is 0 Å². The first-order chi connectivity index (χ1) is 12.5. The molecular weight excluding hydrogens is 362 g/mol. The van der Waals surface area contributed by atoms with Crippen LogP contribution in [0.15, 0.2) is 64.3 Å². The first kappa shape index (κ1) is 18.5. The van der Waals surface area contributed by atoms with Crippen LogP contribution in [0, 0.1) is 0 Å². The maximum Gasteiger partial charge on any atom is 0.237 e. The lowest BCUT2D eigenvalue weighted by atomic mass is 10.2. The highest BCUT2D eigenvalue weighted by molar-refractivity contribution is 8.02. The van der Waals surface area contributed by atoms with Crippen molar-refractivity contribution in [3.05, 3.63) is 60.0 Å². The fraction of sp³-hybridized carbons (Fsp3) is 0.200. The number of nitrogens with one attached hydrogen (secondary N) is 1. The van der Waals surface area contributed by atoms with Gasteiger partial charge in [0.1, 0.15) is 0 Å². The maximum atomic E-state index is 12.4. The highest BCUT2D eigenvalue weighted by Gasteiger charge is 2.17. The van der Waals surface area contributed by atoms with E-state index in [1.165, 1.54) is 11.8 Å². The molecule has 26 heavy (non-hydrogen) atoms. The Bertz CT molecular complexity index is 860. The number of anilines is 2. The van der Waals surface area contributed by atoms with E-state index in [0.717, 1.165) is 27.0 Å². The van der Waals surface area contributed by atoms with Crippen LogP contribution < -0.4 is 10.2 Å². The molecule has 1 atom stereocenters. The predicted molar refractivity (Wildman–Crippen MR) is 112 cm³/mol. The first-order valence-electron chi connectivity index (χ1n) is 8.29. The zero-order valence-electron chi connectivity index (χ0n) is 15.0. The lowest BCUT2D eigenvalue weighted by Crippen LogP contribution is -2.22. The van der Waals surface area contributed by atoms with Crippen molar-refractivity contribution in [3.63, 3.8) is 0 Å². The summed E-state index contributed by atoms with van der Waals surface area (Å²) in [6, 6.07) is 17.9. The van der Waals surface area contributed by atoms with Crippen LogP contribution >= 0.6 is 23.1 Å². The van der Waals surface area contributed by atoms with E-state index in [2.05, 4.69) is 10.3 Å². The van der Waals surface area contributed by atoms with E-state index in [4.69, 9.17) is 0 Å². The van der Waals surface area contributed by atoms with Crippen molar-refractivity contribution >= 4 is 40.4 Å². The third-order valence-corrected chi connectivity index (χ3v) is 5.92. The number of rotatable bonds is 6. The Morgan fingerprint density at radius 2 is 1.81 bits per heavy atom. The van der Waals surface area contributed by atoms with Crippen molar-refractivity contribution in [2.24, 2.45) is 0 Å². The van der Waals surface area contributed by atoms with Crippen LogP contribution in [0.3, 0.4) is 0 Å². The van der Waals surface area contributed by atoms with E-state index >= 15 is 0 Å². The van der Waals surface area contributed by atoms with Gasteiger partial charge in [0.05, 0.1) is 10.9 Å². The largest absolute Gasteiger partial charge is 0.378 e. The molecule has 0 aliphatic carbocycles. The molecule has 1 amide bonds. The first-order valence-corrected chi connectivity index (χ1v) is 10.0. The number of aromatic nitrogens is 1. The number of thioether (sulfide) groups is 1. The number of hydrogen-bond donors (Lipinski definition) is 1. The molecule has 0 radical (unpaired) electrons. The average molecular weight is 384 g/mol. The molecule has 0 aliphatic heterocycles. The van der Waals surface area contributed by atoms with Crippen LogP contribution in [0.5, 0.6) is 0 Å². The Morgan fingerprint density at radius 1 is 1.12 bits per heavy atom. The molecule has 134 valence electrons.